The minimum absolute atomic E-state index is 0. The summed E-state index contributed by atoms with van der Waals surface area (Å²) in [5, 5.41) is 0. The van der Waals surface area contributed by atoms with Gasteiger partial charge in [-0.05, 0) is 91.3 Å². The second-order valence-corrected chi connectivity index (χ2v) is 18.6. The summed E-state index contributed by atoms with van der Waals surface area (Å²) in [5.74, 6) is 0.607. The third-order valence-electron chi connectivity index (χ3n) is 12.2. The van der Waals surface area contributed by atoms with Crippen molar-refractivity contribution in [2.75, 3.05) is 0 Å². The van der Waals surface area contributed by atoms with Gasteiger partial charge in [0.25, 0.3) is 0 Å². The quantitative estimate of drug-likeness (QED) is 0.0900. The summed E-state index contributed by atoms with van der Waals surface area (Å²) in [6, 6.07) is 0. The second kappa shape index (κ2) is 16.4. The second-order valence-electron chi connectivity index (χ2n) is 15.6. The average molecular weight is 765 g/mol. The molecule has 48 heavy (non-hydrogen) atoms. The molecule has 0 amide bonds. The molecule has 0 aliphatic heterocycles. The molecule has 18 heteroatoms. The molecule has 0 aromatic heterocycles. The molecule has 0 bridgehead atoms. The number of fused-ring (bicyclic) bond motifs is 5. The van der Waals surface area contributed by atoms with Crippen LogP contribution in [0.25, 0.3) is 0 Å². The van der Waals surface area contributed by atoms with Crippen LogP contribution < -0.4 is 88.7 Å². The molecule has 12 nitrogen and oxygen atoms in total. The van der Waals surface area contributed by atoms with Crippen LogP contribution in [0.15, 0.2) is 23.8 Å². The van der Waals surface area contributed by atoms with Crippen molar-refractivity contribution in [3.8, 4) is 0 Å². The van der Waals surface area contributed by atoms with Crippen LogP contribution in [-0.4, -0.2) is 57.2 Å². The van der Waals surface area contributed by atoms with E-state index in [0.717, 1.165) is 31.3 Å². The SMILES string of the molecule is C=C(CC[C@@H](C)[C@H]1CCC2C3CC(OS(=O)(=O)[O-])[C@@]4(C)CC(OS(=O)(=O)[O-])C(OS(=O)(=O)[O-])C[C@]4(C)C3=CC[C@@]21C)C(C)(C)C.[Na+].[Na+].[Na+]. The van der Waals surface area contributed by atoms with Crippen molar-refractivity contribution < 1.29 is 140 Å². The Kier molecular flexibility index (Phi) is 16.5. The van der Waals surface area contributed by atoms with Crippen LogP contribution >= 0.6 is 0 Å². The van der Waals surface area contributed by atoms with E-state index in [-0.39, 0.29) is 124 Å². The molecule has 0 spiro atoms. The summed E-state index contributed by atoms with van der Waals surface area (Å²) in [7, 11) is -16.0. The normalized spacial score (nSPS) is 37.2. The van der Waals surface area contributed by atoms with E-state index >= 15 is 0 Å². The van der Waals surface area contributed by atoms with E-state index in [2.05, 4.69) is 51.5 Å². The summed E-state index contributed by atoms with van der Waals surface area (Å²) >= 11 is 0. The molecule has 10 atom stereocenters. The summed E-state index contributed by atoms with van der Waals surface area (Å²) in [6.07, 6.45) is 1.32. The summed E-state index contributed by atoms with van der Waals surface area (Å²) in [5.41, 5.74) is -0.457. The fraction of sp³-hybridized carbons (Fsp3) is 0.867. The number of hydrogen-bond acceptors (Lipinski definition) is 12. The molecule has 4 rings (SSSR count). The Hall–Kier alpha value is 2.09. The smallest absolute Gasteiger partial charge is 0.726 e. The Bertz CT molecular complexity index is 1550. The zero-order valence-electron chi connectivity index (χ0n) is 30.1. The molecular formula is C30H47Na3O12S3. The van der Waals surface area contributed by atoms with Crippen LogP contribution in [0, 0.1) is 45.3 Å². The Labute approximate surface area is 354 Å². The minimum Gasteiger partial charge on any atom is -0.726 e. The molecule has 0 aromatic carbocycles. The van der Waals surface area contributed by atoms with E-state index in [1.54, 1.807) is 13.8 Å². The van der Waals surface area contributed by atoms with Crippen LogP contribution in [0.2, 0.25) is 0 Å². The average Bonchev–Trinajstić information content (AvgIpc) is 3.19. The van der Waals surface area contributed by atoms with Crippen molar-refractivity contribution in [2.24, 2.45) is 45.3 Å². The summed E-state index contributed by atoms with van der Waals surface area (Å²) in [4.78, 5) is 0. The van der Waals surface area contributed by atoms with Crippen molar-refractivity contribution in [3.05, 3.63) is 23.8 Å². The molecule has 4 aliphatic rings. The van der Waals surface area contributed by atoms with E-state index in [0.29, 0.717) is 18.3 Å². The fourth-order valence-corrected chi connectivity index (χ4v) is 11.1. The Balaban J connectivity index is 0.00000384. The van der Waals surface area contributed by atoms with Gasteiger partial charge in [0.15, 0.2) is 0 Å². The van der Waals surface area contributed by atoms with Crippen molar-refractivity contribution in [2.45, 2.75) is 118 Å². The van der Waals surface area contributed by atoms with E-state index in [1.807, 2.05) is 0 Å². The van der Waals surface area contributed by atoms with Gasteiger partial charge < -0.3 is 13.7 Å². The first-order chi connectivity index (χ1) is 20.2. The van der Waals surface area contributed by atoms with Crippen LogP contribution in [0.3, 0.4) is 0 Å². The molecule has 4 aliphatic carbocycles. The predicted molar refractivity (Wildman–Crippen MR) is 161 cm³/mol. The minimum atomic E-state index is -5.39. The Morgan fingerprint density at radius 3 is 1.88 bits per heavy atom. The van der Waals surface area contributed by atoms with Crippen LogP contribution in [0.4, 0.5) is 0 Å². The Morgan fingerprint density at radius 2 is 1.40 bits per heavy atom. The van der Waals surface area contributed by atoms with Crippen molar-refractivity contribution >= 4 is 31.2 Å². The van der Waals surface area contributed by atoms with Gasteiger partial charge in [-0.2, -0.15) is 0 Å². The van der Waals surface area contributed by atoms with E-state index < -0.39 is 66.8 Å². The van der Waals surface area contributed by atoms with Crippen LogP contribution in [-0.2, 0) is 43.7 Å². The molecule has 5 unspecified atom stereocenters. The number of allylic oxidation sites excluding steroid dienone is 3. The van der Waals surface area contributed by atoms with Gasteiger partial charge in [-0.25, -0.2) is 25.3 Å². The van der Waals surface area contributed by atoms with E-state index in [9.17, 15) is 38.9 Å². The van der Waals surface area contributed by atoms with E-state index in [1.165, 1.54) is 5.57 Å². The zero-order valence-corrected chi connectivity index (χ0v) is 38.6. The van der Waals surface area contributed by atoms with Crippen LogP contribution in [0.1, 0.15) is 99.8 Å². The molecule has 0 saturated heterocycles. The van der Waals surface area contributed by atoms with Gasteiger partial charge in [0.1, 0.15) is 12.2 Å². The van der Waals surface area contributed by atoms with Crippen molar-refractivity contribution in [1.82, 2.24) is 0 Å². The molecule has 260 valence electrons. The monoisotopic (exact) mass is 764 g/mol. The summed E-state index contributed by atoms with van der Waals surface area (Å²) in [6.45, 7) is 18.7. The van der Waals surface area contributed by atoms with Crippen molar-refractivity contribution in [3.63, 3.8) is 0 Å². The number of hydrogen-bond donors (Lipinski definition) is 0. The van der Waals surface area contributed by atoms with Gasteiger partial charge in [0.05, 0.1) is 6.10 Å². The molecule has 3 fully saturated rings. The third kappa shape index (κ3) is 10.2. The zero-order chi connectivity index (χ0) is 34.2. The maximum absolute atomic E-state index is 12.1. The van der Waals surface area contributed by atoms with Gasteiger partial charge in [-0.3, -0.25) is 12.5 Å². The van der Waals surface area contributed by atoms with Crippen molar-refractivity contribution in [1.29, 1.82) is 0 Å². The predicted octanol–water partition coefficient (Wildman–Crippen LogP) is -4.26. The molecule has 3 saturated carbocycles. The first kappa shape index (κ1) is 48.1. The largest absolute Gasteiger partial charge is 1.00 e. The topological polar surface area (TPSA) is 199 Å². The van der Waals surface area contributed by atoms with Gasteiger partial charge in [-0.15, -0.1) is 0 Å². The molecule has 0 heterocycles. The molecule has 0 radical (unpaired) electrons. The standard InChI is InChI=1S/C30H50O12S3.3Na/c1-18(9-10-19(2)27(3,4)5)21-11-12-22-20-15-26(42-45(37,38)39)30(8)17-25(41-44(34,35)36)24(40-43(31,32)33)16-29(30,7)23(20)13-14-28(21,22)6;;;/h13,18,20-22,24-26H,2,9-12,14-17H2,1,3-8H3,(H,31,32,33)(H,34,35,36)(H,37,38,39);;;/q;3*+1/p-3/t18-,20?,21-,22?,24?,25?,26?,28-,29-,30-;;;/m1.../s1. The maximum Gasteiger partial charge on any atom is 1.00 e. The molecule has 0 N–H and O–H groups in total. The van der Waals surface area contributed by atoms with Gasteiger partial charge in [-0.1, -0.05) is 72.3 Å². The van der Waals surface area contributed by atoms with Gasteiger partial charge >= 0.3 is 88.7 Å². The third-order valence-corrected chi connectivity index (χ3v) is 13.7. The molecule has 0 aromatic rings. The first-order valence-corrected chi connectivity index (χ1v) is 19.5. The van der Waals surface area contributed by atoms with Gasteiger partial charge in [0.2, 0.25) is 31.2 Å². The Morgan fingerprint density at radius 1 is 0.896 bits per heavy atom. The van der Waals surface area contributed by atoms with E-state index in [4.69, 9.17) is 8.37 Å². The summed E-state index contributed by atoms with van der Waals surface area (Å²) < 4.78 is 121. The fourth-order valence-electron chi connectivity index (χ4n) is 9.54. The molecular weight excluding hydrogens is 717 g/mol. The number of rotatable bonds is 10. The maximum atomic E-state index is 12.1. The first-order valence-electron chi connectivity index (χ1n) is 15.5. The van der Waals surface area contributed by atoms with Gasteiger partial charge in [0, 0.05) is 5.41 Å². The van der Waals surface area contributed by atoms with Crippen LogP contribution in [0.5, 0.6) is 0 Å².